The van der Waals surface area contributed by atoms with Gasteiger partial charge in [0, 0.05) is 45.0 Å². The number of rotatable bonds is 7. The molecule has 0 N–H and O–H groups in total. The van der Waals surface area contributed by atoms with Gasteiger partial charge in [-0.25, -0.2) is 4.98 Å². The van der Waals surface area contributed by atoms with Gasteiger partial charge in [-0.05, 0) is 49.6 Å². The van der Waals surface area contributed by atoms with Gasteiger partial charge in [0.1, 0.15) is 5.69 Å². The lowest BCUT2D eigenvalue weighted by Crippen LogP contribution is -2.49. The molecule has 2 aromatic rings. The van der Waals surface area contributed by atoms with Crippen LogP contribution in [0, 0.1) is 6.92 Å². The summed E-state index contributed by atoms with van der Waals surface area (Å²) in [5.41, 5.74) is 4.15. The minimum Gasteiger partial charge on any atom is -0.370 e. The molecule has 1 aliphatic heterocycles. The molecular formula is C23H32N4O. The fourth-order valence-electron chi connectivity index (χ4n) is 3.76. The summed E-state index contributed by atoms with van der Waals surface area (Å²) in [4.78, 5) is 23.9. The van der Waals surface area contributed by atoms with Gasteiger partial charge in [0.25, 0.3) is 5.91 Å². The Morgan fingerprint density at radius 2 is 1.75 bits per heavy atom. The molecule has 5 heteroatoms. The molecule has 0 bridgehead atoms. The van der Waals surface area contributed by atoms with Crippen molar-refractivity contribution in [1.82, 2.24) is 9.88 Å². The van der Waals surface area contributed by atoms with Gasteiger partial charge >= 0.3 is 0 Å². The molecule has 3 rings (SSSR count). The van der Waals surface area contributed by atoms with Gasteiger partial charge < -0.3 is 14.7 Å². The standard InChI is InChI=1S/C23H32N4O/c1-4-11-25(12-5-2)21-9-10-22(24-18-21)23(28)27-15-13-26(14-16-27)20-8-6-7-19(3)17-20/h6-10,17-18H,4-5,11-16H2,1-3H3. The monoisotopic (exact) mass is 380 g/mol. The highest BCUT2D eigenvalue weighted by molar-refractivity contribution is 5.92. The van der Waals surface area contributed by atoms with Crippen LogP contribution in [0.4, 0.5) is 11.4 Å². The second-order valence-electron chi connectivity index (χ2n) is 7.51. The summed E-state index contributed by atoms with van der Waals surface area (Å²) >= 11 is 0. The average Bonchev–Trinajstić information content (AvgIpc) is 2.73. The fourth-order valence-corrected chi connectivity index (χ4v) is 3.76. The van der Waals surface area contributed by atoms with Gasteiger partial charge in [-0.2, -0.15) is 0 Å². The van der Waals surface area contributed by atoms with Gasteiger partial charge in [-0.3, -0.25) is 4.79 Å². The van der Waals surface area contributed by atoms with Crippen molar-refractivity contribution in [2.75, 3.05) is 49.1 Å². The third kappa shape index (κ3) is 4.83. The van der Waals surface area contributed by atoms with Crippen LogP contribution < -0.4 is 9.80 Å². The van der Waals surface area contributed by atoms with E-state index in [1.165, 1.54) is 11.3 Å². The number of hydrogen-bond donors (Lipinski definition) is 0. The van der Waals surface area contributed by atoms with E-state index in [-0.39, 0.29) is 5.91 Å². The Labute approximate surface area is 169 Å². The molecule has 0 spiro atoms. The summed E-state index contributed by atoms with van der Waals surface area (Å²) in [7, 11) is 0. The summed E-state index contributed by atoms with van der Waals surface area (Å²) in [6, 6.07) is 12.5. The van der Waals surface area contributed by atoms with E-state index in [4.69, 9.17) is 0 Å². The maximum atomic E-state index is 12.9. The topological polar surface area (TPSA) is 39.7 Å². The molecule has 1 aliphatic rings. The quantitative estimate of drug-likeness (QED) is 0.728. The zero-order chi connectivity index (χ0) is 19.9. The lowest BCUT2D eigenvalue weighted by atomic mass is 10.2. The maximum Gasteiger partial charge on any atom is 0.272 e. The molecule has 0 saturated carbocycles. The van der Waals surface area contributed by atoms with E-state index in [0.717, 1.165) is 57.8 Å². The first-order valence-electron chi connectivity index (χ1n) is 10.4. The lowest BCUT2D eigenvalue weighted by Gasteiger charge is -2.36. The number of benzene rings is 1. The molecule has 150 valence electrons. The Hall–Kier alpha value is -2.56. The predicted molar refractivity (Wildman–Crippen MR) is 116 cm³/mol. The molecule has 1 saturated heterocycles. The number of aryl methyl sites for hydroxylation is 1. The highest BCUT2D eigenvalue weighted by Gasteiger charge is 2.23. The third-order valence-corrected chi connectivity index (χ3v) is 5.25. The van der Waals surface area contributed by atoms with Gasteiger partial charge in [0.05, 0.1) is 11.9 Å². The number of carbonyl (C=O) groups excluding carboxylic acids is 1. The summed E-state index contributed by atoms with van der Waals surface area (Å²) in [6.45, 7) is 11.7. The van der Waals surface area contributed by atoms with Gasteiger partial charge in [0.15, 0.2) is 0 Å². The highest BCUT2D eigenvalue weighted by Crippen LogP contribution is 2.19. The molecule has 0 atom stereocenters. The smallest absolute Gasteiger partial charge is 0.272 e. The Bertz CT molecular complexity index is 760. The number of hydrogen-bond acceptors (Lipinski definition) is 4. The van der Waals surface area contributed by atoms with Crippen molar-refractivity contribution in [2.45, 2.75) is 33.6 Å². The molecule has 1 aromatic carbocycles. The number of carbonyl (C=O) groups is 1. The Morgan fingerprint density at radius 3 is 2.32 bits per heavy atom. The first-order chi connectivity index (χ1) is 13.6. The van der Waals surface area contributed by atoms with Crippen LogP contribution in [0.3, 0.4) is 0 Å². The number of pyridine rings is 1. The Balaban J connectivity index is 1.60. The zero-order valence-corrected chi connectivity index (χ0v) is 17.4. The Morgan fingerprint density at radius 1 is 1.04 bits per heavy atom. The van der Waals surface area contributed by atoms with Crippen LogP contribution >= 0.6 is 0 Å². The minimum absolute atomic E-state index is 0.0352. The molecule has 5 nitrogen and oxygen atoms in total. The van der Waals surface area contributed by atoms with Crippen molar-refractivity contribution in [3.63, 3.8) is 0 Å². The number of anilines is 2. The van der Waals surface area contributed by atoms with E-state index in [2.05, 4.69) is 59.8 Å². The molecule has 1 amide bonds. The third-order valence-electron chi connectivity index (χ3n) is 5.25. The lowest BCUT2D eigenvalue weighted by molar-refractivity contribution is 0.0741. The first-order valence-corrected chi connectivity index (χ1v) is 10.4. The molecule has 28 heavy (non-hydrogen) atoms. The molecule has 1 aromatic heterocycles. The second-order valence-corrected chi connectivity index (χ2v) is 7.51. The van der Waals surface area contributed by atoms with Crippen molar-refractivity contribution in [3.05, 3.63) is 53.9 Å². The van der Waals surface area contributed by atoms with Gasteiger partial charge in [-0.1, -0.05) is 26.0 Å². The predicted octanol–water partition coefficient (Wildman–Crippen LogP) is 3.98. The zero-order valence-electron chi connectivity index (χ0n) is 17.4. The number of aromatic nitrogens is 1. The van der Waals surface area contributed by atoms with E-state index in [9.17, 15) is 4.79 Å². The van der Waals surface area contributed by atoms with Crippen molar-refractivity contribution in [3.8, 4) is 0 Å². The van der Waals surface area contributed by atoms with E-state index >= 15 is 0 Å². The summed E-state index contributed by atoms with van der Waals surface area (Å²) in [6.07, 6.45) is 4.05. The van der Waals surface area contributed by atoms with Crippen LogP contribution in [0.1, 0.15) is 42.7 Å². The number of amides is 1. The average molecular weight is 381 g/mol. The molecule has 0 unspecified atom stereocenters. The van der Waals surface area contributed by atoms with Crippen LogP contribution in [-0.4, -0.2) is 55.1 Å². The van der Waals surface area contributed by atoms with Crippen molar-refractivity contribution in [1.29, 1.82) is 0 Å². The number of nitrogens with zero attached hydrogens (tertiary/aromatic N) is 4. The molecule has 0 aliphatic carbocycles. The molecule has 1 fully saturated rings. The molecule has 2 heterocycles. The van der Waals surface area contributed by atoms with Gasteiger partial charge in [-0.15, -0.1) is 0 Å². The van der Waals surface area contributed by atoms with Crippen molar-refractivity contribution in [2.24, 2.45) is 0 Å². The summed E-state index contributed by atoms with van der Waals surface area (Å²) < 4.78 is 0. The van der Waals surface area contributed by atoms with E-state index in [0.29, 0.717) is 5.69 Å². The largest absolute Gasteiger partial charge is 0.370 e. The van der Waals surface area contributed by atoms with Crippen molar-refractivity contribution < 1.29 is 4.79 Å². The normalized spacial score (nSPS) is 14.2. The summed E-state index contributed by atoms with van der Waals surface area (Å²) in [5.74, 6) is 0.0352. The van der Waals surface area contributed by atoms with E-state index < -0.39 is 0 Å². The minimum atomic E-state index is 0.0352. The Kier molecular flexibility index (Phi) is 6.90. The van der Waals surface area contributed by atoms with E-state index in [1.54, 1.807) is 0 Å². The van der Waals surface area contributed by atoms with Crippen LogP contribution in [0.25, 0.3) is 0 Å². The molecule has 0 radical (unpaired) electrons. The van der Waals surface area contributed by atoms with E-state index in [1.807, 2.05) is 23.2 Å². The van der Waals surface area contributed by atoms with Crippen LogP contribution in [0.5, 0.6) is 0 Å². The first kappa shape index (κ1) is 20.2. The second kappa shape index (κ2) is 9.58. The van der Waals surface area contributed by atoms with Crippen LogP contribution in [-0.2, 0) is 0 Å². The van der Waals surface area contributed by atoms with Crippen molar-refractivity contribution >= 4 is 17.3 Å². The molecular weight excluding hydrogens is 348 g/mol. The number of piperazine rings is 1. The van der Waals surface area contributed by atoms with Crippen LogP contribution in [0.15, 0.2) is 42.6 Å². The fraction of sp³-hybridized carbons (Fsp3) is 0.478. The SMILES string of the molecule is CCCN(CCC)c1ccc(C(=O)N2CCN(c3cccc(C)c3)CC2)nc1. The highest BCUT2D eigenvalue weighted by atomic mass is 16.2. The van der Waals surface area contributed by atoms with Gasteiger partial charge in [0.2, 0.25) is 0 Å². The van der Waals surface area contributed by atoms with Crippen LogP contribution in [0.2, 0.25) is 0 Å². The summed E-state index contributed by atoms with van der Waals surface area (Å²) in [5, 5.41) is 0. The maximum absolute atomic E-state index is 12.9.